The van der Waals surface area contributed by atoms with E-state index in [1.807, 2.05) is 13.8 Å². The molecule has 1 aromatic carbocycles. The van der Waals surface area contributed by atoms with Gasteiger partial charge < -0.3 is 14.8 Å². The molecule has 0 unspecified atom stereocenters. The number of rotatable bonds is 6. The number of benzene rings is 1. The van der Waals surface area contributed by atoms with Crippen molar-refractivity contribution in [3.8, 4) is 5.75 Å². The van der Waals surface area contributed by atoms with E-state index < -0.39 is 0 Å². The van der Waals surface area contributed by atoms with Crippen LogP contribution in [0, 0.1) is 5.82 Å². The van der Waals surface area contributed by atoms with Crippen LogP contribution in [0.5, 0.6) is 5.75 Å². The molecule has 4 heteroatoms. The van der Waals surface area contributed by atoms with Crippen LogP contribution in [0.25, 0.3) is 0 Å². The highest BCUT2D eigenvalue weighted by Gasteiger charge is 2.16. The maximum absolute atomic E-state index is 13.8. The maximum Gasteiger partial charge on any atom is 0.169 e. The SMILES string of the molecule is COc1cccc(CNCC(C)(C)OC)c1F. The molecule has 0 heterocycles. The molecule has 0 spiro atoms. The Hall–Kier alpha value is -1.13. The molecule has 1 aromatic rings. The first-order chi connectivity index (χ1) is 8.00. The largest absolute Gasteiger partial charge is 0.494 e. The molecule has 0 aromatic heterocycles. The minimum absolute atomic E-state index is 0.255. The van der Waals surface area contributed by atoms with E-state index in [2.05, 4.69) is 5.32 Å². The van der Waals surface area contributed by atoms with Gasteiger partial charge in [0.25, 0.3) is 0 Å². The molecule has 0 bridgehead atoms. The fourth-order valence-electron chi connectivity index (χ4n) is 1.42. The van der Waals surface area contributed by atoms with Crippen molar-refractivity contribution in [2.75, 3.05) is 20.8 Å². The Balaban J connectivity index is 2.58. The van der Waals surface area contributed by atoms with Gasteiger partial charge in [-0.1, -0.05) is 12.1 Å². The summed E-state index contributed by atoms with van der Waals surface area (Å²) >= 11 is 0. The lowest BCUT2D eigenvalue weighted by Gasteiger charge is -2.23. The zero-order valence-corrected chi connectivity index (χ0v) is 10.8. The zero-order chi connectivity index (χ0) is 12.9. The molecule has 1 rings (SSSR count). The molecule has 17 heavy (non-hydrogen) atoms. The molecule has 0 aliphatic carbocycles. The van der Waals surface area contributed by atoms with E-state index in [0.717, 1.165) is 0 Å². The van der Waals surface area contributed by atoms with Crippen LogP contribution in [-0.2, 0) is 11.3 Å². The van der Waals surface area contributed by atoms with E-state index in [1.54, 1.807) is 25.3 Å². The van der Waals surface area contributed by atoms with Crippen molar-refractivity contribution in [3.63, 3.8) is 0 Å². The predicted molar refractivity (Wildman–Crippen MR) is 65.7 cm³/mol. The van der Waals surface area contributed by atoms with E-state index in [0.29, 0.717) is 18.7 Å². The lowest BCUT2D eigenvalue weighted by atomic mass is 10.1. The Bertz CT molecular complexity index is 366. The summed E-state index contributed by atoms with van der Waals surface area (Å²) in [5.41, 5.74) is 0.339. The quantitative estimate of drug-likeness (QED) is 0.829. The van der Waals surface area contributed by atoms with Crippen LogP contribution in [-0.4, -0.2) is 26.4 Å². The van der Waals surface area contributed by atoms with Crippen LogP contribution in [0.3, 0.4) is 0 Å². The molecular formula is C13H20FNO2. The standard InChI is InChI=1S/C13H20FNO2/c1-13(2,17-4)9-15-8-10-6-5-7-11(16-3)12(10)14/h5-7,15H,8-9H2,1-4H3. The van der Waals surface area contributed by atoms with Gasteiger partial charge in [0.05, 0.1) is 12.7 Å². The van der Waals surface area contributed by atoms with Crippen molar-refractivity contribution in [1.82, 2.24) is 5.32 Å². The van der Waals surface area contributed by atoms with Crippen molar-refractivity contribution in [2.45, 2.75) is 26.0 Å². The van der Waals surface area contributed by atoms with Crippen molar-refractivity contribution >= 4 is 0 Å². The average Bonchev–Trinajstić information content (AvgIpc) is 2.31. The number of hydrogen-bond acceptors (Lipinski definition) is 3. The monoisotopic (exact) mass is 241 g/mol. The third-order valence-corrected chi connectivity index (χ3v) is 2.68. The third kappa shape index (κ3) is 3.98. The van der Waals surface area contributed by atoms with Gasteiger partial charge >= 0.3 is 0 Å². The first kappa shape index (κ1) is 13.9. The number of hydrogen-bond donors (Lipinski definition) is 1. The molecular weight excluding hydrogens is 221 g/mol. The molecule has 1 N–H and O–H groups in total. The van der Waals surface area contributed by atoms with Crippen LogP contribution in [0.2, 0.25) is 0 Å². The first-order valence-electron chi connectivity index (χ1n) is 5.57. The van der Waals surface area contributed by atoms with E-state index in [1.165, 1.54) is 7.11 Å². The molecule has 3 nitrogen and oxygen atoms in total. The van der Waals surface area contributed by atoms with Crippen molar-refractivity contribution in [3.05, 3.63) is 29.6 Å². The van der Waals surface area contributed by atoms with E-state index in [-0.39, 0.29) is 17.2 Å². The Morgan fingerprint density at radius 1 is 1.29 bits per heavy atom. The fourth-order valence-corrected chi connectivity index (χ4v) is 1.42. The fraction of sp³-hybridized carbons (Fsp3) is 0.538. The lowest BCUT2D eigenvalue weighted by Crippen LogP contribution is -2.36. The van der Waals surface area contributed by atoms with Gasteiger partial charge in [-0.2, -0.15) is 0 Å². The lowest BCUT2D eigenvalue weighted by molar-refractivity contribution is 0.0230. The molecule has 0 fully saturated rings. The van der Waals surface area contributed by atoms with E-state index in [9.17, 15) is 4.39 Å². The summed E-state index contributed by atoms with van der Waals surface area (Å²) in [6, 6.07) is 5.13. The topological polar surface area (TPSA) is 30.5 Å². The van der Waals surface area contributed by atoms with Crippen molar-refractivity contribution < 1.29 is 13.9 Å². The Morgan fingerprint density at radius 3 is 2.59 bits per heavy atom. The normalized spacial score (nSPS) is 11.6. The number of halogens is 1. The van der Waals surface area contributed by atoms with Gasteiger partial charge in [0.15, 0.2) is 11.6 Å². The minimum atomic E-state index is -0.308. The molecule has 0 amide bonds. The zero-order valence-electron chi connectivity index (χ0n) is 10.8. The highest BCUT2D eigenvalue weighted by molar-refractivity contribution is 5.30. The molecule has 0 saturated carbocycles. The summed E-state index contributed by atoms with van der Waals surface area (Å²) in [6.07, 6.45) is 0. The van der Waals surface area contributed by atoms with Gasteiger partial charge in [-0.05, 0) is 19.9 Å². The van der Waals surface area contributed by atoms with Crippen LogP contribution in [0.15, 0.2) is 18.2 Å². The summed E-state index contributed by atoms with van der Waals surface area (Å²) in [5.74, 6) is -0.0342. The highest BCUT2D eigenvalue weighted by Crippen LogP contribution is 2.19. The Morgan fingerprint density at radius 2 is 2.00 bits per heavy atom. The maximum atomic E-state index is 13.8. The average molecular weight is 241 g/mol. The molecule has 0 aliphatic rings. The molecule has 0 radical (unpaired) electrons. The highest BCUT2D eigenvalue weighted by atomic mass is 19.1. The Kier molecular flexibility index (Phi) is 4.90. The molecule has 96 valence electrons. The van der Waals surface area contributed by atoms with E-state index in [4.69, 9.17) is 9.47 Å². The molecule has 0 saturated heterocycles. The van der Waals surface area contributed by atoms with Gasteiger partial charge in [-0.25, -0.2) is 4.39 Å². The summed E-state index contributed by atoms with van der Waals surface area (Å²) in [5, 5.41) is 3.16. The predicted octanol–water partition coefficient (Wildman–Crippen LogP) is 2.35. The van der Waals surface area contributed by atoms with Crippen molar-refractivity contribution in [1.29, 1.82) is 0 Å². The summed E-state index contributed by atoms with van der Waals surface area (Å²) in [4.78, 5) is 0. The van der Waals surface area contributed by atoms with Crippen LogP contribution in [0.1, 0.15) is 19.4 Å². The first-order valence-corrected chi connectivity index (χ1v) is 5.57. The van der Waals surface area contributed by atoms with E-state index >= 15 is 0 Å². The van der Waals surface area contributed by atoms with Gasteiger partial charge in [-0.3, -0.25) is 0 Å². The number of ether oxygens (including phenoxy) is 2. The molecule has 0 aliphatic heterocycles. The third-order valence-electron chi connectivity index (χ3n) is 2.68. The summed E-state index contributed by atoms with van der Waals surface area (Å²) in [7, 11) is 3.12. The van der Waals surface area contributed by atoms with Gasteiger partial charge in [-0.15, -0.1) is 0 Å². The second kappa shape index (κ2) is 5.98. The Labute approximate surface area is 102 Å². The second-order valence-electron chi connectivity index (χ2n) is 4.50. The smallest absolute Gasteiger partial charge is 0.169 e. The van der Waals surface area contributed by atoms with Crippen LogP contribution < -0.4 is 10.1 Å². The van der Waals surface area contributed by atoms with Crippen LogP contribution in [0.4, 0.5) is 4.39 Å². The second-order valence-corrected chi connectivity index (χ2v) is 4.50. The molecule has 0 atom stereocenters. The summed E-state index contributed by atoms with van der Waals surface area (Å²) < 4.78 is 24.0. The number of nitrogens with one attached hydrogen (secondary N) is 1. The van der Waals surface area contributed by atoms with Gasteiger partial charge in [0.1, 0.15) is 0 Å². The summed E-state index contributed by atoms with van der Waals surface area (Å²) in [6.45, 7) is 5.06. The van der Waals surface area contributed by atoms with Gasteiger partial charge in [0.2, 0.25) is 0 Å². The minimum Gasteiger partial charge on any atom is -0.494 e. The van der Waals surface area contributed by atoms with Gasteiger partial charge in [0, 0.05) is 25.8 Å². The van der Waals surface area contributed by atoms with Crippen molar-refractivity contribution in [2.24, 2.45) is 0 Å². The van der Waals surface area contributed by atoms with Crippen LogP contribution >= 0.6 is 0 Å². The number of methoxy groups -OCH3 is 2.